The topological polar surface area (TPSA) is 49.4 Å². The molecule has 1 saturated heterocycles. The zero-order valence-corrected chi connectivity index (χ0v) is 12.5. The Labute approximate surface area is 124 Å². The van der Waals surface area contributed by atoms with Gasteiger partial charge in [-0.15, -0.1) is 0 Å². The highest BCUT2D eigenvalue weighted by Gasteiger charge is 2.32. The summed E-state index contributed by atoms with van der Waals surface area (Å²) in [5, 5.41) is 3.43. The van der Waals surface area contributed by atoms with Gasteiger partial charge in [0.15, 0.2) is 0 Å². The first-order valence-electron chi connectivity index (χ1n) is 6.85. The smallest absolute Gasteiger partial charge is 0.245 e. The van der Waals surface area contributed by atoms with E-state index in [1.807, 2.05) is 32.0 Å². The van der Waals surface area contributed by atoms with Crippen molar-refractivity contribution in [3.05, 3.63) is 34.9 Å². The van der Waals surface area contributed by atoms with Crippen LogP contribution in [-0.4, -0.2) is 28.8 Å². The average molecular weight is 295 g/mol. The molecule has 0 spiro atoms. The van der Waals surface area contributed by atoms with Gasteiger partial charge in [0.2, 0.25) is 11.8 Å². The number of carbonyl (C=O) groups is 2. The zero-order chi connectivity index (χ0) is 14.7. The van der Waals surface area contributed by atoms with Gasteiger partial charge in [-0.2, -0.15) is 0 Å². The predicted molar refractivity (Wildman–Crippen MR) is 78.3 cm³/mol. The molecule has 0 bridgehead atoms. The number of amides is 2. The van der Waals surface area contributed by atoms with Crippen molar-refractivity contribution in [2.75, 3.05) is 0 Å². The minimum Gasteiger partial charge on any atom is -0.344 e. The van der Waals surface area contributed by atoms with E-state index in [9.17, 15) is 9.59 Å². The number of rotatable bonds is 3. The Morgan fingerprint density at radius 1 is 1.40 bits per heavy atom. The lowest BCUT2D eigenvalue weighted by molar-refractivity contribution is -0.135. The molecule has 2 unspecified atom stereocenters. The maximum Gasteiger partial charge on any atom is 0.245 e. The molecule has 0 aliphatic carbocycles. The normalized spacial score (nSPS) is 23.4. The van der Waals surface area contributed by atoms with Crippen LogP contribution in [0.1, 0.15) is 32.3 Å². The second kappa shape index (κ2) is 6.27. The summed E-state index contributed by atoms with van der Waals surface area (Å²) in [6, 6.07) is 6.92. The molecule has 108 valence electrons. The minimum atomic E-state index is -0.424. The summed E-state index contributed by atoms with van der Waals surface area (Å²) in [6.45, 7) is 4.28. The highest BCUT2D eigenvalue weighted by molar-refractivity contribution is 6.30. The monoisotopic (exact) mass is 294 g/mol. The summed E-state index contributed by atoms with van der Waals surface area (Å²) in [4.78, 5) is 26.0. The number of nitrogens with one attached hydrogen (secondary N) is 1. The molecular formula is C15H19ClN2O2. The second-order valence-corrected chi connectivity index (χ2v) is 5.61. The molecule has 1 aromatic rings. The van der Waals surface area contributed by atoms with Crippen LogP contribution in [0, 0.1) is 0 Å². The highest BCUT2D eigenvalue weighted by atomic mass is 35.5. The fourth-order valence-corrected chi connectivity index (χ4v) is 2.67. The molecule has 1 fully saturated rings. The Hall–Kier alpha value is -1.55. The van der Waals surface area contributed by atoms with Crippen molar-refractivity contribution in [1.82, 2.24) is 10.2 Å². The molecule has 0 aromatic heterocycles. The molecule has 2 amide bonds. The molecule has 0 saturated carbocycles. The molecule has 1 aliphatic rings. The summed E-state index contributed by atoms with van der Waals surface area (Å²) < 4.78 is 0. The first kappa shape index (κ1) is 14.9. The predicted octanol–water partition coefficient (Wildman–Crippen LogP) is 2.36. The average Bonchev–Trinajstić information content (AvgIpc) is 2.50. The Balaban J connectivity index is 2.22. The standard InChI is InChI=1S/C15H19ClN2O2/c1-3-13-15(20)18(10(2)7-14(19)17-13)9-11-5-4-6-12(16)8-11/h4-6,8,10,13H,3,7,9H2,1-2H3,(H,17,19). The van der Waals surface area contributed by atoms with Crippen molar-refractivity contribution >= 4 is 23.4 Å². The minimum absolute atomic E-state index is 0.0224. The quantitative estimate of drug-likeness (QED) is 0.930. The molecule has 1 aromatic carbocycles. The van der Waals surface area contributed by atoms with Crippen molar-refractivity contribution in [3.63, 3.8) is 0 Å². The van der Waals surface area contributed by atoms with Crippen LogP contribution < -0.4 is 5.32 Å². The highest BCUT2D eigenvalue weighted by Crippen LogP contribution is 2.18. The van der Waals surface area contributed by atoms with Crippen molar-refractivity contribution in [3.8, 4) is 0 Å². The van der Waals surface area contributed by atoms with E-state index in [0.717, 1.165) is 5.56 Å². The van der Waals surface area contributed by atoms with Gasteiger partial charge in [0, 0.05) is 24.0 Å². The molecule has 1 aliphatic heterocycles. The SMILES string of the molecule is CCC1NC(=O)CC(C)N(Cc2cccc(Cl)c2)C1=O. The van der Waals surface area contributed by atoms with Gasteiger partial charge in [-0.1, -0.05) is 30.7 Å². The number of benzene rings is 1. The molecule has 1 heterocycles. The molecule has 0 radical (unpaired) electrons. The number of nitrogens with zero attached hydrogens (tertiary/aromatic N) is 1. The van der Waals surface area contributed by atoms with E-state index in [4.69, 9.17) is 11.6 Å². The summed E-state index contributed by atoms with van der Waals surface area (Å²) in [7, 11) is 0. The van der Waals surface area contributed by atoms with Crippen LogP contribution in [0.25, 0.3) is 0 Å². The summed E-state index contributed by atoms with van der Waals surface area (Å²) in [5.74, 6) is -0.0860. The van der Waals surface area contributed by atoms with Crippen LogP contribution in [0.3, 0.4) is 0 Å². The lowest BCUT2D eigenvalue weighted by atomic mass is 10.1. The molecule has 2 rings (SSSR count). The second-order valence-electron chi connectivity index (χ2n) is 5.18. The van der Waals surface area contributed by atoms with Gasteiger partial charge in [0.05, 0.1) is 0 Å². The first-order chi connectivity index (χ1) is 9.51. The molecular weight excluding hydrogens is 276 g/mol. The van der Waals surface area contributed by atoms with Crippen LogP contribution in [0.2, 0.25) is 5.02 Å². The van der Waals surface area contributed by atoms with E-state index in [0.29, 0.717) is 24.4 Å². The van der Waals surface area contributed by atoms with Gasteiger partial charge in [-0.05, 0) is 31.0 Å². The van der Waals surface area contributed by atoms with Crippen molar-refractivity contribution in [1.29, 1.82) is 0 Å². The van der Waals surface area contributed by atoms with Crippen LogP contribution >= 0.6 is 11.6 Å². The number of hydrogen-bond donors (Lipinski definition) is 1. The van der Waals surface area contributed by atoms with E-state index >= 15 is 0 Å². The number of carbonyl (C=O) groups excluding carboxylic acids is 2. The van der Waals surface area contributed by atoms with Gasteiger partial charge in [-0.3, -0.25) is 9.59 Å². The molecule has 5 heteroatoms. The van der Waals surface area contributed by atoms with Crippen LogP contribution in [0.4, 0.5) is 0 Å². The van der Waals surface area contributed by atoms with Crippen molar-refractivity contribution in [2.24, 2.45) is 0 Å². The van der Waals surface area contributed by atoms with Gasteiger partial charge < -0.3 is 10.2 Å². The third-order valence-electron chi connectivity index (χ3n) is 3.58. The van der Waals surface area contributed by atoms with Crippen LogP contribution in [-0.2, 0) is 16.1 Å². The maximum absolute atomic E-state index is 12.5. The fourth-order valence-electron chi connectivity index (χ4n) is 2.45. The van der Waals surface area contributed by atoms with E-state index in [2.05, 4.69) is 5.32 Å². The Kier molecular flexibility index (Phi) is 4.65. The maximum atomic E-state index is 12.5. The molecule has 4 nitrogen and oxygen atoms in total. The fraction of sp³-hybridized carbons (Fsp3) is 0.467. The van der Waals surface area contributed by atoms with Gasteiger partial charge in [0.1, 0.15) is 6.04 Å². The van der Waals surface area contributed by atoms with Gasteiger partial charge >= 0.3 is 0 Å². The largest absolute Gasteiger partial charge is 0.344 e. The van der Waals surface area contributed by atoms with E-state index in [-0.39, 0.29) is 17.9 Å². The van der Waals surface area contributed by atoms with Gasteiger partial charge in [-0.25, -0.2) is 0 Å². The Morgan fingerprint density at radius 2 is 2.15 bits per heavy atom. The van der Waals surface area contributed by atoms with Crippen LogP contribution in [0.5, 0.6) is 0 Å². The summed E-state index contributed by atoms with van der Waals surface area (Å²) in [6.07, 6.45) is 0.937. The molecule has 1 N–H and O–H groups in total. The Morgan fingerprint density at radius 3 is 2.80 bits per heavy atom. The van der Waals surface area contributed by atoms with Gasteiger partial charge in [0.25, 0.3) is 0 Å². The zero-order valence-electron chi connectivity index (χ0n) is 11.7. The Bertz CT molecular complexity index is 518. The van der Waals surface area contributed by atoms with Crippen molar-refractivity contribution < 1.29 is 9.59 Å². The van der Waals surface area contributed by atoms with Crippen LogP contribution in [0.15, 0.2) is 24.3 Å². The first-order valence-corrected chi connectivity index (χ1v) is 7.23. The lowest BCUT2D eigenvalue weighted by Gasteiger charge is -2.28. The number of halogens is 1. The third-order valence-corrected chi connectivity index (χ3v) is 3.81. The van der Waals surface area contributed by atoms with Crippen molar-refractivity contribution in [2.45, 2.75) is 45.3 Å². The molecule has 2 atom stereocenters. The third kappa shape index (κ3) is 3.31. The van der Waals surface area contributed by atoms with E-state index in [1.165, 1.54) is 0 Å². The summed E-state index contributed by atoms with van der Waals surface area (Å²) >= 11 is 5.98. The van der Waals surface area contributed by atoms with E-state index < -0.39 is 6.04 Å². The molecule has 20 heavy (non-hydrogen) atoms. The van der Waals surface area contributed by atoms with E-state index in [1.54, 1.807) is 11.0 Å². The number of hydrogen-bond acceptors (Lipinski definition) is 2. The summed E-state index contributed by atoms with van der Waals surface area (Å²) in [5.41, 5.74) is 0.974. The lowest BCUT2D eigenvalue weighted by Crippen LogP contribution is -2.45.